The van der Waals surface area contributed by atoms with Crippen LogP contribution in [0, 0.1) is 29.6 Å². The highest BCUT2D eigenvalue weighted by molar-refractivity contribution is 8.00. The molecule has 1 saturated heterocycles. The average molecular weight is 638 g/mol. The summed E-state index contributed by atoms with van der Waals surface area (Å²) in [7, 11) is 5.08. The van der Waals surface area contributed by atoms with Gasteiger partial charge in [0, 0.05) is 41.3 Å². The van der Waals surface area contributed by atoms with Crippen molar-refractivity contribution < 1.29 is 23.7 Å². The number of ether oxygens (including phenoxy) is 4. The molecule has 1 unspecified atom stereocenters. The van der Waals surface area contributed by atoms with Gasteiger partial charge in [0.15, 0.2) is 0 Å². The van der Waals surface area contributed by atoms with E-state index in [-0.39, 0.29) is 22.7 Å². The normalized spacial score (nSPS) is 30.4. The molecule has 1 atom stereocenters. The highest BCUT2D eigenvalue weighted by Gasteiger charge is 2.57. The van der Waals surface area contributed by atoms with E-state index in [9.17, 15) is 4.79 Å². The molecule has 45 heavy (non-hydrogen) atoms. The summed E-state index contributed by atoms with van der Waals surface area (Å²) in [4.78, 5) is 20.0. The lowest BCUT2D eigenvalue weighted by Gasteiger charge is -2.61. The van der Waals surface area contributed by atoms with Crippen molar-refractivity contribution in [3.05, 3.63) is 35.9 Å². The molecule has 2 aliphatic heterocycles. The third-order valence-corrected chi connectivity index (χ3v) is 13.2. The monoisotopic (exact) mass is 637 g/mol. The Kier molecular flexibility index (Phi) is 8.56. The molecule has 0 spiro atoms. The molecule has 1 N–H and O–H groups in total. The first-order valence-corrected chi connectivity index (χ1v) is 17.6. The number of fused-ring (bicyclic) bond motifs is 1. The minimum Gasteiger partial charge on any atom is -0.496 e. The molecule has 1 aromatic carbocycles. The van der Waals surface area contributed by atoms with Crippen molar-refractivity contribution in [1.82, 2.24) is 19.7 Å². The minimum absolute atomic E-state index is 0.0317. The van der Waals surface area contributed by atoms with Crippen molar-refractivity contribution in [3.8, 4) is 17.2 Å². The standard InChI is InChI=1S/C34H47N5O5S/c1-21-11-31(37-33-35-20-36-39(21)33)38-8-5-24(6-9-38)32(40)44-10-7-34(25-13-22-12-23(15-25)16-26(34)14-22)45-19-28-29(42-3)17-27(41-2)18-30(28)43-4/h11,17-18,20-26H,5-10,12-16,19H2,1-4H3,(H,35,36,37). The van der Waals surface area contributed by atoms with Crippen molar-refractivity contribution in [2.45, 2.75) is 74.8 Å². The van der Waals surface area contributed by atoms with Gasteiger partial charge < -0.3 is 29.2 Å². The average Bonchev–Trinajstić information content (AvgIpc) is 3.54. The number of aromatic nitrogens is 3. The van der Waals surface area contributed by atoms with E-state index in [1.54, 1.807) is 27.7 Å². The molecule has 6 aliphatic rings. The van der Waals surface area contributed by atoms with E-state index in [1.807, 2.05) is 16.8 Å². The Hall–Kier alpha value is -3.08. The molecule has 244 valence electrons. The zero-order valence-electron chi connectivity index (χ0n) is 27.0. The summed E-state index contributed by atoms with van der Waals surface area (Å²) >= 11 is 2.06. The van der Waals surface area contributed by atoms with Crippen molar-refractivity contribution in [2.75, 3.05) is 46.3 Å². The van der Waals surface area contributed by atoms with Crippen molar-refractivity contribution in [1.29, 1.82) is 0 Å². The van der Waals surface area contributed by atoms with E-state index in [4.69, 9.17) is 18.9 Å². The predicted molar refractivity (Wildman–Crippen MR) is 173 cm³/mol. The Bertz CT molecular complexity index is 1370. The van der Waals surface area contributed by atoms with Gasteiger partial charge in [-0.05, 0) is 88.0 Å². The SMILES string of the molecule is COc1cc(OC)c(CSC2(CCOC(=O)C3CCN(C4=CC(C)n5ncnc5N4)CC3)C3CC4CC(C3)CC2C4)c(OC)c1. The van der Waals surface area contributed by atoms with E-state index in [2.05, 4.69) is 45.1 Å². The number of rotatable bonds is 11. The van der Waals surface area contributed by atoms with Crippen molar-refractivity contribution >= 4 is 23.7 Å². The van der Waals surface area contributed by atoms with Crippen LogP contribution in [0.15, 0.2) is 30.4 Å². The van der Waals surface area contributed by atoms with Crippen LogP contribution in [0.2, 0.25) is 0 Å². The maximum Gasteiger partial charge on any atom is 0.309 e. The Morgan fingerprint density at radius 2 is 1.67 bits per heavy atom. The van der Waals surface area contributed by atoms with Gasteiger partial charge in [0.05, 0.1) is 39.9 Å². The van der Waals surface area contributed by atoms with Crippen LogP contribution in [0.1, 0.15) is 69.9 Å². The number of hydrogen-bond donors (Lipinski definition) is 1. The number of thioether (sulfide) groups is 1. The fourth-order valence-electron chi connectivity index (χ4n) is 9.19. The quantitative estimate of drug-likeness (QED) is 0.300. The Balaban J connectivity index is 0.992. The van der Waals surface area contributed by atoms with Crippen molar-refractivity contribution in [2.24, 2.45) is 29.6 Å². The number of esters is 1. The van der Waals surface area contributed by atoms with Crippen LogP contribution in [0.5, 0.6) is 17.2 Å². The van der Waals surface area contributed by atoms with E-state index in [0.717, 1.165) is 84.5 Å². The summed E-state index contributed by atoms with van der Waals surface area (Å²) in [5.41, 5.74) is 1.07. The molecule has 1 aromatic heterocycles. The molecule has 10 nitrogen and oxygen atoms in total. The van der Waals surface area contributed by atoms with Gasteiger partial charge in [-0.25, -0.2) is 4.68 Å². The number of hydrogen-bond acceptors (Lipinski definition) is 10. The number of anilines is 1. The smallest absolute Gasteiger partial charge is 0.309 e. The molecule has 4 aliphatic carbocycles. The first-order chi connectivity index (χ1) is 21.9. The molecule has 8 rings (SSSR count). The Morgan fingerprint density at radius 3 is 2.29 bits per heavy atom. The summed E-state index contributed by atoms with van der Waals surface area (Å²) in [6.07, 6.45) is 12.9. The Labute approximate surface area is 270 Å². The zero-order chi connectivity index (χ0) is 31.1. The van der Waals surface area contributed by atoms with Crippen LogP contribution < -0.4 is 19.5 Å². The molecule has 0 radical (unpaired) electrons. The lowest BCUT2D eigenvalue weighted by Crippen LogP contribution is -2.56. The summed E-state index contributed by atoms with van der Waals surface area (Å²) in [6.45, 7) is 4.24. The lowest BCUT2D eigenvalue weighted by atomic mass is 9.51. The van der Waals surface area contributed by atoms with Crippen LogP contribution >= 0.6 is 11.8 Å². The minimum atomic E-state index is -0.0542. The molecular weight excluding hydrogens is 590 g/mol. The van der Waals surface area contributed by atoms with Gasteiger partial charge in [-0.1, -0.05) is 0 Å². The predicted octanol–water partition coefficient (Wildman–Crippen LogP) is 5.91. The van der Waals surface area contributed by atoms with Crippen LogP contribution in [0.25, 0.3) is 0 Å². The van der Waals surface area contributed by atoms with E-state index in [1.165, 1.54) is 32.1 Å². The number of carbonyl (C=O) groups is 1. The van der Waals surface area contributed by atoms with Gasteiger partial charge in [-0.15, -0.1) is 11.8 Å². The fourth-order valence-corrected chi connectivity index (χ4v) is 11.0. The van der Waals surface area contributed by atoms with E-state index in [0.29, 0.717) is 18.4 Å². The van der Waals surface area contributed by atoms with Crippen LogP contribution in [-0.4, -0.2) is 71.4 Å². The molecule has 3 heterocycles. The first kappa shape index (κ1) is 30.6. The van der Waals surface area contributed by atoms with Crippen LogP contribution in [0.3, 0.4) is 0 Å². The number of carbonyl (C=O) groups excluding carboxylic acids is 1. The van der Waals surface area contributed by atoms with E-state index >= 15 is 0 Å². The van der Waals surface area contributed by atoms with Gasteiger partial charge in [-0.2, -0.15) is 10.1 Å². The molecule has 4 saturated carbocycles. The number of likely N-dealkylation sites (tertiary alicyclic amines) is 1. The van der Waals surface area contributed by atoms with Gasteiger partial charge in [0.25, 0.3) is 0 Å². The van der Waals surface area contributed by atoms with Crippen molar-refractivity contribution in [3.63, 3.8) is 0 Å². The van der Waals surface area contributed by atoms with Crippen LogP contribution in [0.4, 0.5) is 5.95 Å². The first-order valence-electron chi connectivity index (χ1n) is 16.6. The molecule has 4 bridgehead atoms. The Morgan fingerprint density at radius 1 is 1.00 bits per heavy atom. The second-order valence-electron chi connectivity index (χ2n) is 13.7. The number of methoxy groups -OCH3 is 3. The highest BCUT2D eigenvalue weighted by atomic mass is 32.2. The third kappa shape index (κ3) is 5.74. The maximum atomic E-state index is 13.4. The third-order valence-electron chi connectivity index (χ3n) is 11.3. The largest absolute Gasteiger partial charge is 0.496 e. The highest BCUT2D eigenvalue weighted by Crippen LogP contribution is 2.64. The molecule has 2 aromatic rings. The molecular formula is C34H47N5O5S. The zero-order valence-corrected chi connectivity index (χ0v) is 27.8. The number of piperidine rings is 1. The number of nitrogens with zero attached hydrogens (tertiary/aromatic N) is 4. The molecule has 11 heteroatoms. The van der Waals surface area contributed by atoms with Gasteiger partial charge >= 0.3 is 5.97 Å². The molecule has 5 fully saturated rings. The van der Waals surface area contributed by atoms with Gasteiger partial charge in [0.2, 0.25) is 5.95 Å². The van der Waals surface area contributed by atoms with E-state index < -0.39 is 0 Å². The summed E-state index contributed by atoms with van der Waals surface area (Å²) in [5, 5.41) is 7.70. The van der Waals surface area contributed by atoms with Gasteiger partial charge in [0.1, 0.15) is 29.4 Å². The summed E-state index contributed by atoms with van der Waals surface area (Å²) < 4.78 is 25.2. The summed E-state index contributed by atoms with van der Waals surface area (Å²) in [6, 6.07) is 4.04. The number of allylic oxidation sites excluding steroid dienone is 1. The number of nitrogens with one attached hydrogen (secondary N) is 1. The second kappa shape index (κ2) is 12.6. The van der Waals surface area contributed by atoms with Gasteiger partial charge in [-0.3, -0.25) is 4.79 Å². The molecule has 0 amide bonds. The topological polar surface area (TPSA) is 100.0 Å². The summed E-state index contributed by atoms with van der Waals surface area (Å²) in [5.74, 6) is 7.92. The maximum absolute atomic E-state index is 13.4. The fraction of sp³-hybridized carbons (Fsp3) is 0.676. The lowest BCUT2D eigenvalue weighted by molar-refractivity contribution is -0.151. The number of benzene rings is 1. The second-order valence-corrected chi connectivity index (χ2v) is 15.0. The van der Waals surface area contributed by atoms with Crippen LogP contribution in [-0.2, 0) is 15.3 Å².